The number of thioether (sulfide) groups is 1. The van der Waals surface area contributed by atoms with Crippen LogP contribution in [0.1, 0.15) is 81.3 Å². The highest BCUT2D eigenvalue weighted by atomic mass is 32.2. The Kier molecular flexibility index (Phi) is 7.35. The maximum absolute atomic E-state index is 7.10. The molecule has 1 aromatic rings. The molecule has 1 aromatic heterocycles. The van der Waals surface area contributed by atoms with Crippen LogP contribution in [-0.2, 0) is 18.4 Å². The van der Waals surface area contributed by atoms with E-state index in [2.05, 4.69) is 16.5 Å². The first kappa shape index (κ1) is 21.4. The molecule has 5 nitrogen and oxygen atoms in total. The maximum Gasteiger partial charge on any atom is 0.152 e. The predicted octanol–water partition coefficient (Wildman–Crippen LogP) is 3.79. The molecular weight excluding hydrogens is 378 g/mol. The molecular formula is C23H39N5S. The molecule has 1 saturated carbocycles. The topological polar surface area (TPSA) is 67.1 Å². The Hall–Kier alpha value is -0.850. The van der Waals surface area contributed by atoms with Gasteiger partial charge in [-0.25, -0.2) is 9.97 Å². The number of anilines is 1. The van der Waals surface area contributed by atoms with Crippen LogP contribution >= 0.6 is 11.8 Å². The minimum Gasteiger partial charge on any atom is -0.356 e. The summed E-state index contributed by atoms with van der Waals surface area (Å²) in [6.07, 6.45) is 16.7. The van der Waals surface area contributed by atoms with E-state index in [1.54, 1.807) is 0 Å². The zero-order chi connectivity index (χ0) is 20.1. The smallest absolute Gasteiger partial charge is 0.152 e. The van der Waals surface area contributed by atoms with Gasteiger partial charge in [0.05, 0.1) is 5.54 Å². The minimum atomic E-state index is -0.430. The van der Waals surface area contributed by atoms with Gasteiger partial charge in [-0.2, -0.15) is 11.8 Å². The van der Waals surface area contributed by atoms with E-state index in [0.29, 0.717) is 0 Å². The third-order valence-electron chi connectivity index (χ3n) is 7.14. The van der Waals surface area contributed by atoms with E-state index >= 15 is 0 Å². The molecule has 1 saturated heterocycles. The molecule has 2 unspecified atom stereocenters. The first-order chi connectivity index (χ1) is 14.2. The number of nitrogens with two attached hydrogens (primary N) is 1. The van der Waals surface area contributed by atoms with Gasteiger partial charge in [0, 0.05) is 42.7 Å². The van der Waals surface area contributed by atoms with Crippen molar-refractivity contribution in [1.82, 2.24) is 15.3 Å². The van der Waals surface area contributed by atoms with Crippen molar-refractivity contribution < 1.29 is 0 Å². The zero-order valence-electron chi connectivity index (χ0n) is 18.2. The van der Waals surface area contributed by atoms with E-state index in [4.69, 9.17) is 15.7 Å². The van der Waals surface area contributed by atoms with Crippen LogP contribution in [-0.4, -0.2) is 47.7 Å². The molecule has 3 aliphatic rings. The molecule has 0 aromatic carbocycles. The molecule has 0 amide bonds. The lowest BCUT2D eigenvalue weighted by Crippen LogP contribution is -2.53. The Labute approximate surface area is 181 Å². The van der Waals surface area contributed by atoms with Gasteiger partial charge in [-0.05, 0) is 64.0 Å². The molecule has 3 N–H and O–H groups in total. The lowest BCUT2D eigenvalue weighted by molar-refractivity contribution is 0.330. The van der Waals surface area contributed by atoms with E-state index < -0.39 is 5.54 Å². The second kappa shape index (κ2) is 9.97. The first-order valence-electron chi connectivity index (χ1n) is 11.9. The van der Waals surface area contributed by atoms with Crippen LogP contribution in [0.2, 0.25) is 0 Å². The van der Waals surface area contributed by atoms with Gasteiger partial charge in [-0.15, -0.1) is 0 Å². The second-order valence-corrected chi connectivity index (χ2v) is 10.2. The van der Waals surface area contributed by atoms with Crippen LogP contribution in [0.4, 0.5) is 5.82 Å². The van der Waals surface area contributed by atoms with Crippen molar-refractivity contribution in [3.63, 3.8) is 0 Å². The molecule has 2 atom stereocenters. The number of nitrogens with zero attached hydrogens (tertiary/aromatic N) is 3. The molecule has 162 valence electrons. The average Bonchev–Trinajstić information content (AvgIpc) is 2.94. The van der Waals surface area contributed by atoms with Gasteiger partial charge in [-0.3, -0.25) is 0 Å². The minimum absolute atomic E-state index is 0.287. The SMILES string of the molecule is CSCCNC1CCCC1(N)c1nc2c(c(N3CCCCCC3)n1)CCCCC2. The molecule has 2 heterocycles. The molecule has 0 bridgehead atoms. The number of rotatable bonds is 6. The van der Waals surface area contributed by atoms with Gasteiger partial charge < -0.3 is 16.0 Å². The Bertz CT molecular complexity index is 673. The molecule has 4 rings (SSSR count). The Morgan fingerprint density at radius 1 is 1.03 bits per heavy atom. The fourth-order valence-corrected chi connectivity index (χ4v) is 5.74. The van der Waals surface area contributed by atoms with Crippen LogP contribution in [0.15, 0.2) is 0 Å². The van der Waals surface area contributed by atoms with Gasteiger partial charge in [-0.1, -0.05) is 19.3 Å². The second-order valence-electron chi connectivity index (χ2n) is 9.19. The molecule has 2 fully saturated rings. The first-order valence-corrected chi connectivity index (χ1v) is 13.3. The van der Waals surface area contributed by atoms with E-state index in [9.17, 15) is 0 Å². The van der Waals surface area contributed by atoms with Crippen molar-refractivity contribution in [2.24, 2.45) is 5.73 Å². The summed E-state index contributed by atoms with van der Waals surface area (Å²) in [5, 5.41) is 3.73. The van der Waals surface area contributed by atoms with Crippen LogP contribution in [0.25, 0.3) is 0 Å². The molecule has 2 aliphatic carbocycles. The normalized spacial score (nSPS) is 28.1. The summed E-state index contributed by atoms with van der Waals surface area (Å²) in [5.74, 6) is 3.27. The van der Waals surface area contributed by atoms with Gasteiger partial charge in [0.1, 0.15) is 5.82 Å². The highest BCUT2D eigenvalue weighted by Gasteiger charge is 2.44. The summed E-state index contributed by atoms with van der Waals surface area (Å²) in [6.45, 7) is 3.28. The van der Waals surface area contributed by atoms with Crippen LogP contribution in [0.5, 0.6) is 0 Å². The molecule has 0 radical (unpaired) electrons. The van der Waals surface area contributed by atoms with Crippen LogP contribution in [0, 0.1) is 0 Å². The number of nitrogens with one attached hydrogen (secondary N) is 1. The summed E-state index contributed by atoms with van der Waals surface area (Å²) in [7, 11) is 0. The van der Waals surface area contributed by atoms with Gasteiger partial charge in [0.15, 0.2) is 5.82 Å². The third kappa shape index (κ3) is 4.75. The Morgan fingerprint density at radius 3 is 2.59 bits per heavy atom. The Balaban J connectivity index is 1.69. The highest BCUT2D eigenvalue weighted by molar-refractivity contribution is 7.98. The number of aryl methyl sites for hydroxylation is 1. The highest BCUT2D eigenvalue weighted by Crippen LogP contribution is 2.38. The van der Waals surface area contributed by atoms with E-state index in [1.165, 1.54) is 62.0 Å². The summed E-state index contributed by atoms with van der Waals surface area (Å²) in [5.41, 5.74) is 9.39. The van der Waals surface area contributed by atoms with Gasteiger partial charge in [0.2, 0.25) is 0 Å². The molecule has 6 heteroatoms. The molecule has 29 heavy (non-hydrogen) atoms. The summed E-state index contributed by atoms with van der Waals surface area (Å²) < 4.78 is 0. The lowest BCUT2D eigenvalue weighted by atomic mass is 9.92. The molecule has 0 spiro atoms. The zero-order valence-corrected chi connectivity index (χ0v) is 19.0. The van der Waals surface area contributed by atoms with Crippen molar-refractivity contribution in [2.45, 2.75) is 88.6 Å². The average molecular weight is 418 g/mol. The van der Waals surface area contributed by atoms with Crippen molar-refractivity contribution in [3.8, 4) is 0 Å². The van der Waals surface area contributed by atoms with E-state index in [-0.39, 0.29) is 6.04 Å². The van der Waals surface area contributed by atoms with Crippen molar-refractivity contribution in [3.05, 3.63) is 17.1 Å². The van der Waals surface area contributed by atoms with Crippen LogP contribution in [0.3, 0.4) is 0 Å². The standard InChI is InChI=1S/C23H39N5S/c1-29-17-14-25-20-12-9-13-23(20,24)22-26-19-11-6-4-5-10-18(19)21(27-22)28-15-7-2-3-8-16-28/h20,25H,2-17,24H2,1H3. The largest absolute Gasteiger partial charge is 0.356 e. The number of fused-ring (bicyclic) bond motifs is 1. The number of hydrogen-bond donors (Lipinski definition) is 2. The number of aromatic nitrogens is 2. The van der Waals surface area contributed by atoms with E-state index in [0.717, 1.165) is 63.3 Å². The summed E-state index contributed by atoms with van der Waals surface area (Å²) >= 11 is 1.88. The fraction of sp³-hybridized carbons (Fsp3) is 0.826. The summed E-state index contributed by atoms with van der Waals surface area (Å²) in [6, 6.07) is 0.287. The van der Waals surface area contributed by atoms with E-state index in [1.807, 2.05) is 11.8 Å². The quantitative estimate of drug-likeness (QED) is 0.542. The van der Waals surface area contributed by atoms with Gasteiger partial charge >= 0.3 is 0 Å². The predicted molar refractivity (Wildman–Crippen MR) is 124 cm³/mol. The van der Waals surface area contributed by atoms with Crippen molar-refractivity contribution >= 4 is 17.6 Å². The molecule has 1 aliphatic heterocycles. The number of hydrogen-bond acceptors (Lipinski definition) is 6. The Morgan fingerprint density at radius 2 is 1.79 bits per heavy atom. The van der Waals surface area contributed by atoms with Crippen LogP contribution < -0.4 is 16.0 Å². The fourth-order valence-electron chi connectivity index (χ4n) is 5.42. The van der Waals surface area contributed by atoms with Crippen molar-refractivity contribution in [1.29, 1.82) is 0 Å². The van der Waals surface area contributed by atoms with Crippen molar-refractivity contribution in [2.75, 3.05) is 36.5 Å². The summed E-state index contributed by atoms with van der Waals surface area (Å²) in [4.78, 5) is 13.0. The monoisotopic (exact) mass is 417 g/mol. The lowest BCUT2D eigenvalue weighted by Gasteiger charge is -2.33. The maximum atomic E-state index is 7.10. The van der Waals surface area contributed by atoms with Gasteiger partial charge in [0.25, 0.3) is 0 Å². The third-order valence-corrected chi connectivity index (χ3v) is 7.75.